The van der Waals surface area contributed by atoms with Crippen LogP contribution < -0.4 is 15.9 Å². The van der Waals surface area contributed by atoms with E-state index in [1.165, 1.54) is 27.0 Å². The molecule has 1 heterocycles. The molecular weight excluding hydrogens is 531 g/mol. The van der Waals surface area contributed by atoms with E-state index in [2.05, 4.69) is 152 Å². The Morgan fingerprint density at radius 2 is 0.810 bits per heavy atom. The minimum Gasteiger partial charge on any atom is -0.339 e. The van der Waals surface area contributed by atoms with Crippen LogP contribution in [0.2, 0.25) is 0 Å². The van der Waals surface area contributed by atoms with Gasteiger partial charge in [0.25, 0.3) is 0 Å². The van der Waals surface area contributed by atoms with Gasteiger partial charge < -0.3 is 9.47 Å². The molecule has 2 nitrogen and oxygen atoms in total. The van der Waals surface area contributed by atoms with Gasteiger partial charge in [0.2, 0.25) is 0 Å². The molecule has 2 atom stereocenters. The fourth-order valence-electron chi connectivity index (χ4n) is 7.12. The van der Waals surface area contributed by atoms with E-state index >= 15 is 0 Å². The molecule has 1 spiro atoms. The predicted molar refractivity (Wildman–Crippen MR) is 175 cm³/mol. The summed E-state index contributed by atoms with van der Waals surface area (Å²) in [6.07, 6.45) is 4.98. The lowest BCUT2D eigenvalue weighted by Gasteiger charge is -2.38. The topological polar surface area (TPSA) is 18.5 Å². The Morgan fingerprint density at radius 1 is 0.476 bits per heavy atom. The monoisotopic (exact) mass is 569 g/mol. The summed E-state index contributed by atoms with van der Waals surface area (Å²) in [6, 6.07) is 55.0. The zero-order valence-corrected chi connectivity index (χ0v) is 24.9. The van der Waals surface area contributed by atoms with E-state index < -0.39 is 13.0 Å². The Balaban J connectivity index is 1.19. The molecule has 42 heavy (non-hydrogen) atoms. The van der Waals surface area contributed by atoms with Crippen LogP contribution in [0.1, 0.15) is 49.0 Å². The molecule has 2 aliphatic rings. The van der Waals surface area contributed by atoms with Crippen molar-refractivity contribution in [2.45, 2.75) is 43.7 Å². The molecule has 0 amide bonds. The van der Waals surface area contributed by atoms with Gasteiger partial charge in [0.1, 0.15) is 35.4 Å². The Kier molecular flexibility index (Phi) is 7.78. The van der Waals surface area contributed by atoms with Crippen LogP contribution in [0, 0.1) is 5.92 Å². The van der Waals surface area contributed by atoms with Gasteiger partial charge in [-0.2, -0.15) is 0 Å². The van der Waals surface area contributed by atoms with E-state index in [1.807, 2.05) is 0 Å². The third-order valence-electron chi connectivity index (χ3n) is 9.20. The average molecular weight is 570 g/mol. The van der Waals surface area contributed by atoms with E-state index in [1.54, 1.807) is 0 Å². The Morgan fingerprint density at radius 3 is 1.17 bits per heavy atom. The largest absolute Gasteiger partial charge is 0.339 e. The van der Waals surface area contributed by atoms with Gasteiger partial charge in [-0.1, -0.05) is 115 Å². The molecule has 1 aliphatic heterocycles. The lowest BCUT2D eigenvalue weighted by Crippen LogP contribution is -2.40. The van der Waals surface area contributed by atoms with Gasteiger partial charge in [-0.3, -0.25) is 0 Å². The number of benzene rings is 5. The lowest BCUT2D eigenvalue weighted by atomic mass is 9.86. The molecule has 0 bridgehead atoms. The molecule has 5 aromatic carbocycles. The summed E-state index contributed by atoms with van der Waals surface area (Å²) in [6.45, 7) is 0. The van der Waals surface area contributed by atoms with Crippen LogP contribution in [0.5, 0.6) is 0 Å². The standard InChI is InChI=1S/C39H38O2P/c1-6-16-32(17-7-1)37-38(33-18-8-2-9-19-33)41-39(40-37)28-26-31(27-29-39)30-42(34-20-10-3-11-21-34,35-22-12-4-13-23-35)36-24-14-5-15-25-36/h1-25,31,37-38H,26-30H2/q+1/t37-,38-/m0/s1. The van der Waals surface area contributed by atoms with Crippen LogP contribution in [-0.4, -0.2) is 11.9 Å². The zero-order chi connectivity index (χ0) is 28.2. The first-order valence-electron chi connectivity index (χ1n) is 15.3. The maximum atomic E-state index is 6.96. The van der Waals surface area contributed by atoms with Crippen molar-refractivity contribution in [3.05, 3.63) is 163 Å². The number of rotatable bonds is 7. The van der Waals surface area contributed by atoms with Crippen molar-refractivity contribution in [2.75, 3.05) is 6.16 Å². The summed E-state index contributed by atoms with van der Waals surface area (Å²) in [5.74, 6) is 0.0490. The van der Waals surface area contributed by atoms with E-state index in [0.29, 0.717) is 5.92 Å². The lowest BCUT2D eigenvalue weighted by molar-refractivity contribution is -0.199. The van der Waals surface area contributed by atoms with Crippen LogP contribution in [0.4, 0.5) is 0 Å². The number of ether oxygens (including phenoxy) is 2. The van der Waals surface area contributed by atoms with Crippen molar-refractivity contribution in [3.8, 4) is 0 Å². The van der Waals surface area contributed by atoms with Crippen molar-refractivity contribution in [1.29, 1.82) is 0 Å². The van der Waals surface area contributed by atoms with Gasteiger partial charge >= 0.3 is 0 Å². The minimum absolute atomic E-state index is 0.102. The SMILES string of the molecule is c1ccc([C@@H]2OC3(CCC(C[P+](c4ccccc4)(c4ccccc4)c4ccccc4)CC3)O[C@H]2c2ccccc2)cc1. The molecule has 1 saturated heterocycles. The molecule has 3 heteroatoms. The molecule has 7 rings (SSSR count). The normalized spacial score (nSPS) is 20.5. The van der Waals surface area contributed by atoms with Crippen LogP contribution >= 0.6 is 7.26 Å². The Hall–Kier alpha value is -3.55. The summed E-state index contributed by atoms with van der Waals surface area (Å²) < 4.78 is 13.9. The molecule has 5 aromatic rings. The highest BCUT2D eigenvalue weighted by atomic mass is 31.2. The summed E-state index contributed by atoms with van der Waals surface area (Å²) in [4.78, 5) is 0. The molecule has 0 N–H and O–H groups in total. The van der Waals surface area contributed by atoms with Crippen molar-refractivity contribution >= 4 is 23.2 Å². The quantitative estimate of drug-likeness (QED) is 0.183. The van der Waals surface area contributed by atoms with Crippen LogP contribution in [0.3, 0.4) is 0 Å². The van der Waals surface area contributed by atoms with Crippen LogP contribution in [-0.2, 0) is 9.47 Å². The molecular formula is C39H38O2P+. The van der Waals surface area contributed by atoms with Crippen molar-refractivity contribution in [2.24, 2.45) is 5.92 Å². The average Bonchev–Trinajstić information content (AvgIpc) is 3.46. The van der Waals surface area contributed by atoms with E-state index in [0.717, 1.165) is 31.8 Å². The van der Waals surface area contributed by atoms with E-state index in [9.17, 15) is 0 Å². The summed E-state index contributed by atoms with van der Waals surface area (Å²) >= 11 is 0. The second kappa shape index (κ2) is 12.0. The molecule has 0 aromatic heterocycles. The van der Waals surface area contributed by atoms with Crippen LogP contribution in [0.25, 0.3) is 0 Å². The summed E-state index contributed by atoms with van der Waals surface area (Å²) in [5.41, 5.74) is 2.38. The van der Waals surface area contributed by atoms with Gasteiger partial charge in [0, 0.05) is 12.8 Å². The van der Waals surface area contributed by atoms with Crippen molar-refractivity contribution in [3.63, 3.8) is 0 Å². The highest BCUT2D eigenvalue weighted by Gasteiger charge is 2.53. The predicted octanol–water partition coefficient (Wildman–Crippen LogP) is 8.40. The molecule has 1 aliphatic carbocycles. The number of hydrogen-bond donors (Lipinski definition) is 0. The first kappa shape index (κ1) is 27.3. The third-order valence-corrected chi connectivity index (χ3v) is 13.8. The zero-order valence-electron chi connectivity index (χ0n) is 24.0. The molecule has 210 valence electrons. The maximum absolute atomic E-state index is 6.96. The smallest absolute Gasteiger partial charge is 0.170 e. The Bertz CT molecular complexity index is 1400. The number of hydrogen-bond acceptors (Lipinski definition) is 2. The second-order valence-electron chi connectivity index (χ2n) is 11.8. The molecule has 0 radical (unpaired) electrons. The molecule has 1 saturated carbocycles. The van der Waals surface area contributed by atoms with Gasteiger partial charge in [-0.15, -0.1) is 0 Å². The molecule has 0 unspecified atom stereocenters. The second-order valence-corrected chi connectivity index (χ2v) is 15.3. The van der Waals surface area contributed by atoms with Crippen LogP contribution in [0.15, 0.2) is 152 Å². The third kappa shape index (κ3) is 5.25. The molecule has 2 fully saturated rings. The summed E-state index contributed by atoms with van der Waals surface area (Å²) in [5, 5.41) is 4.39. The highest BCUT2D eigenvalue weighted by molar-refractivity contribution is 7.95. The van der Waals surface area contributed by atoms with Gasteiger partial charge in [0.05, 0.1) is 6.16 Å². The van der Waals surface area contributed by atoms with Crippen molar-refractivity contribution in [1.82, 2.24) is 0 Å². The summed E-state index contributed by atoms with van der Waals surface area (Å²) in [7, 11) is -1.87. The van der Waals surface area contributed by atoms with Gasteiger partial charge in [-0.25, -0.2) is 0 Å². The fraction of sp³-hybridized carbons (Fsp3) is 0.231. The highest BCUT2D eigenvalue weighted by Crippen LogP contribution is 2.60. The van der Waals surface area contributed by atoms with Gasteiger partial charge in [-0.05, 0) is 66.3 Å². The maximum Gasteiger partial charge on any atom is 0.170 e. The first-order chi connectivity index (χ1) is 20.8. The van der Waals surface area contributed by atoms with E-state index in [-0.39, 0.29) is 12.2 Å². The van der Waals surface area contributed by atoms with Crippen molar-refractivity contribution < 1.29 is 9.47 Å². The van der Waals surface area contributed by atoms with Gasteiger partial charge in [0.15, 0.2) is 5.79 Å². The Labute approximate surface area is 250 Å². The fourth-order valence-corrected chi connectivity index (χ4v) is 11.8. The van der Waals surface area contributed by atoms with E-state index in [4.69, 9.17) is 9.47 Å². The first-order valence-corrected chi connectivity index (χ1v) is 17.2. The minimum atomic E-state index is -1.87.